The lowest BCUT2D eigenvalue weighted by atomic mass is 10.1. The average molecular weight is 299 g/mol. The topological polar surface area (TPSA) is 72.5 Å². The first-order valence-electron chi connectivity index (χ1n) is 6.72. The van der Waals surface area contributed by atoms with E-state index in [1.807, 2.05) is 6.92 Å². The molecule has 0 saturated carbocycles. The molecular weight excluding hydrogens is 278 g/mol. The van der Waals surface area contributed by atoms with E-state index in [4.69, 9.17) is 4.74 Å². The fourth-order valence-corrected chi connectivity index (χ4v) is 2.71. The van der Waals surface area contributed by atoms with Crippen LogP contribution in [0.4, 0.5) is 0 Å². The van der Waals surface area contributed by atoms with E-state index in [0.29, 0.717) is 38.2 Å². The highest BCUT2D eigenvalue weighted by Gasteiger charge is 2.13. The van der Waals surface area contributed by atoms with Crippen molar-refractivity contribution in [3.63, 3.8) is 0 Å². The van der Waals surface area contributed by atoms with Crippen molar-refractivity contribution in [1.82, 2.24) is 4.72 Å². The van der Waals surface area contributed by atoms with Gasteiger partial charge in [-0.2, -0.15) is 0 Å². The van der Waals surface area contributed by atoms with Gasteiger partial charge < -0.3 is 4.74 Å². The lowest BCUT2D eigenvalue weighted by Crippen LogP contribution is -2.25. The summed E-state index contributed by atoms with van der Waals surface area (Å²) >= 11 is 0. The van der Waals surface area contributed by atoms with Gasteiger partial charge in [-0.3, -0.25) is 4.79 Å². The van der Waals surface area contributed by atoms with Gasteiger partial charge in [0.05, 0.1) is 4.90 Å². The zero-order valence-corrected chi connectivity index (χ0v) is 12.7. The number of rotatable bonds is 9. The van der Waals surface area contributed by atoms with Gasteiger partial charge in [0, 0.05) is 31.7 Å². The quantitative estimate of drug-likeness (QED) is 0.559. The predicted octanol–water partition coefficient (Wildman–Crippen LogP) is 1.98. The SMILES string of the molecule is CCOCCCNS(=O)(=O)c1ccc(C(=O)CC)cc1. The third kappa shape index (κ3) is 5.03. The second kappa shape index (κ2) is 8.14. The fraction of sp³-hybridized carbons (Fsp3) is 0.500. The normalized spacial score (nSPS) is 11.5. The van der Waals surface area contributed by atoms with Crippen molar-refractivity contribution in [2.45, 2.75) is 31.6 Å². The molecule has 0 spiro atoms. The van der Waals surface area contributed by atoms with Gasteiger partial charge in [0.25, 0.3) is 0 Å². The zero-order valence-electron chi connectivity index (χ0n) is 11.9. The van der Waals surface area contributed by atoms with Crippen LogP contribution in [0.5, 0.6) is 0 Å². The first kappa shape index (κ1) is 16.8. The van der Waals surface area contributed by atoms with Crippen molar-refractivity contribution in [2.24, 2.45) is 0 Å². The third-order valence-corrected chi connectivity index (χ3v) is 4.25. The molecule has 1 rings (SSSR count). The summed E-state index contributed by atoms with van der Waals surface area (Å²) in [6.07, 6.45) is 1.03. The van der Waals surface area contributed by atoms with E-state index in [-0.39, 0.29) is 10.7 Å². The van der Waals surface area contributed by atoms with Crippen LogP contribution < -0.4 is 4.72 Å². The highest BCUT2D eigenvalue weighted by atomic mass is 32.2. The van der Waals surface area contributed by atoms with E-state index in [1.54, 1.807) is 19.1 Å². The number of sulfonamides is 1. The zero-order chi connectivity index (χ0) is 15.0. The minimum absolute atomic E-state index is 0.00128. The lowest BCUT2D eigenvalue weighted by molar-refractivity contribution is 0.0988. The van der Waals surface area contributed by atoms with E-state index >= 15 is 0 Å². The third-order valence-electron chi connectivity index (χ3n) is 2.77. The molecule has 0 aliphatic rings. The number of carbonyl (C=O) groups is 1. The van der Waals surface area contributed by atoms with Crippen molar-refractivity contribution < 1.29 is 17.9 Å². The predicted molar refractivity (Wildman–Crippen MR) is 77.4 cm³/mol. The summed E-state index contributed by atoms with van der Waals surface area (Å²) in [6.45, 7) is 5.15. The number of ether oxygens (including phenoxy) is 1. The highest BCUT2D eigenvalue weighted by Crippen LogP contribution is 2.11. The van der Waals surface area contributed by atoms with E-state index in [9.17, 15) is 13.2 Å². The summed E-state index contributed by atoms with van der Waals surface area (Å²) in [7, 11) is -3.51. The molecule has 0 aliphatic carbocycles. The minimum Gasteiger partial charge on any atom is -0.382 e. The van der Waals surface area contributed by atoms with Gasteiger partial charge in [-0.05, 0) is 25.5 Å². The molecule has 0 fully saturated rings. The van der Waals surface area contributed by atoms with Crippen LogP contribution in [0.15, 0.2) is 29.2 Å². The van der Waals surface area contributed by atoms with Gasteiger partial charge in [-0.25, -0.2) is 13.1 Å². The van der Waals surface area contributed by atoms with E-state index in [1.165, 1.54) is 12.1 Å². The fourth-order valence-electron chi connectivity index (χ4n) is 1.63. The molecule has 0 heterocycles. The molecule has 0 atom stereocenters. The molecule has 20 heavy (non-hydrogen) atoms. The number of carbonyl (C=O) groups excluding carboxylic acids is 1. The molecule has 0 bridgehead atoms. The Morgan fingerprint density at radius 3 is 2.40 bits per heavy atom. The van der Waals surface area contributed by atoms with Crippen molar-refractivity contribution in [2.75, 3.05) is 19.8 Å². The molecule has 0 unspecified atom stereocenters. The van der Waals surface area contributed by atoms with Crippen LogP contribution in [0.2, 0.25) is 0 Å². The maximum Gasteiger partial charge on any atom is 0.240 e. The van der Waals surface area contributed by atoms with Crippen molar-refractivity contribution >= 4 is 15.8 Å². The Labute approximate surface area is 120 Å². The number of Topliss-reactive ketones (excluding diaryl/α,β-unsaturated/α-hetero) is 1. The lowest BCUT2D eigenvalue weighted by Gasteiger charge is -2.07. The van der Waals surface area contributed by atoms with E-state index in [0.717, 1.165) is 0 Å². The Kier molecular flexibility index (Phi) is 6.84. The van der Waals surface area contributed by atoms with Crippen LogP contribution in [-0.2, 0) is 14.8 Å². The molecule has 5 nitrogen and oxygen atoms in total. The maximum absolute atomic E-state index is 12.0. The van der Waals surface area contributed by atoms with Gasteiger partial charge in [-0.15, -0.1) is 0 Å². The van der Waals surface area contributed by atoms with Crippen LogP contribution in [0.3, 0.4) is 0 Å². The molecule has 1 aromatic rings. The van der Waals surface area contributed by atoms with Crippen molar-refractivity contribution in [3.8, 4) is 0 Å². The molecule has 112 valence electrons. The Morgan fingerprint density at radius 2 is 1.85 bits per heavy atom. The molecule has 1 N–H and O–H groups in total. The summed E-state index contributed by atoms with van der Waals surface area (Å²) in [5.74, 6) is -0.00128. The van der Waals surface area contributed by atoms with Crippen molar-refractivity contribution in [3.05, 3.63) is 29.8 Å². The number of ketones is 1. The maximum atomic E-state index is 12.0. The van der Waals surface area contributed by atoms with Gasteiger partial charge in [0.1, 0.15) is 0 Å². The van der Waals surface area contributed by atoms with Gasteiger partial charge in [0.15, 0.2) is 5.78 Å². The molecule has 0 saturated heterocycles. The monoisotopic (exact) mass is 299 g/mol. The van der Waals surface area contributed by atoms with Crippen LogP contribution in [0.25, 0.3) is 0 Å². The summed E-state index contributed by atoms with van der Waals surface area (Å²) in [5.41, 5.74) is 0.530. The van der Waals surface area contributed by atoms with Gasteiger partial charge in [0.2, 0.25) is 10.0 Å². The van der Waals surface area contributed by atoms with Crippen LogP contribution >= 0.6 is 0 Å². The summed E-state index contributed by atoms with van der Waals surface area (Å²) < 4.78 is 31.6. The van der Waals surface area contributed by atoms with Gasteiger partial charge >= 0.3 is 0 Å². The van der Waals surface area contributed by atoms with E-state index in [2.05, 4.69) is 4.72 Å². The Morgan fingerprint density at radius 1 is 1.20 bits per heavy atom. The Balaban J connectivity index is 2.61. The smallest absolute Gasteiger partial charge is 0.240 e. The molecule has 0 aliphatic heterocycles. The molecule has 0 aromatic heterocycles. The standard InChI is InChI=1S/C14H21NO4S/c1-3-14(16)12-6-8-13(9-7-12)20(17,18)15-10-5-11-19-4-2/h6-9,15H,3-5,10-11H2,1-2H3. The molecule has 1 aromatic carbocycles. The van der Waals surface area contributed by atoms with Crippen LogP contribution in [0.1, 0.15) is 37.0 Å². The van der Waals surface area contributed by atoms with Crippen LogP contribution in [0, 0.1) is 0 Å². The minimum atomic E-state index is -3.51. The Bertz CT molecular complexity index is 523. The highest BCUT2D eigenvalue weighted by molar-refractivity contribution is 7.89. The number of benzene rings is 1. The van der Waals surface area contributed by atoms with Crippen LogP contribution in [-0.4, -0.2) is 34.0 Å². The van der Waals surface area contributed by atoms with Gasteiger partial charge in [-0.1, -0.05) is 19.1 Å². The average Bonchev–Trinajstić information content (AvgIpc) is 2.46. The first-order chi connectivity index (χ1) is 9.51. The summed E-state index contributed by atoms with van der Waals surface area (Å²) in [5, 5.41) is 0. The second-order valence-electron chi connectivity index (χ2n) is 4.25. The Hall–Kier alpha value is -1.24. The second-order valence-corrected chi connectivity index (χ2v) is 6.02. The number of hydrogen-bond acceptors (Lipinski definition) is 4. The number of hydrogen-bond donors (Lipinski definition) is 1. The van der Waals surface area contributed by atoms with E-state index < -0.39 is 10.0 Å². The number of nitrogens with one attached hydrogen (secondary N) is 1. The molecule has 0 amide bonds. The molecule has 0 radical (unpaired) electrons. The molecule has 6 heteroatoms. The first-order valence-corrected chi connectivity index (χ1v) is 8.20. The molecular formula is C14H21NO4S. The van der Waals surface area contributed by atoms with Crippen molar-refractivity contribution in [1.29, 1.82) is 0 Å². The largest absolute Gasteiger partial charge is 0.382 e. The summed E-state index contributed by atoms with van der Waals surface area (Å²) in [4.78, 5) is 11.6. The summed E-state index contributed by atoms with van der Waals surface area (Å²) in [6, 6.07) is 5.99.